The van der Waals surface area contributed by atoms with E-state index in [0.29, 0.717) is 28.5 Å². The fourth-order valence-corrected chi connectivity index (χ4v) is 6.12. The molecule has 10 heteroatoms. The zero-order valence-electron chi connectivity index (χ0n) is 25.3. The van der Waals surface area contributed by atoms with Gasteiger partial charge in [-0.3, -0.25) is 14.4 Å². The highest BCUT2D eigenvalue weighted by molar-refractivity contribution is 6.31. The predicted molar refractivity (Wildman–Crippen MR) is 175 cm³/mol. The van der Waals surface area contributed by atoms with Crippen molar-refractivity contribution in [1.29, 1.82) is 0 Å². The molecule has 2 aliphatic rings. The summed E-state index contributed by atoms with van der Waals surface area (Å²) in [5, 5.41) is 28.0. The zero-order chi connectivity index (χ0) is 32.0. The van der Waals surface area contributed by atoms with Crippen molar-refractivity contribution in [3.63, 3.8) is 0 Å². The van der Waals surface area contributed by atoms with Crippen LogP contribution in [0.3, 0.4) is 0 Å². The Morgan fingerprint density at radius 2 is 1.89 bits per heavy atom. The molecule has 3 aromatic carbocycles. The molecule has 1 fully saturated rings. The van der Waals surface area contributed by atoms with Crippen LogP contribution in [0.25, 0.3) is 0 Å². The highest BCUT2D eigenvalue weighted by atomic mass is 35.5. The summed E-state index contributed by atoms with van der Waals surface area (Å²) in [4.78, 5) is 42.5. The number of benzene rings is 3. The van der Waals surface area contributed by atoms with Gasteiger partial charge in [-0.2, -0.15) is 0 Å². The standard InChI is InChI=1S/C35H39ClN4O5/c1-24(7-5-11-32(42)39(19-20-41)22-25-8-3-2-4-9-25)35(45)29-21-27(36)14-17-31(29)40(34(35)44)23-26-12-15-28(16-13-26)38-33(43)30-10-6-18-37-30/h2-5,7-9,12-17,21,24,30,37,41,45H,6,10-11,18-20,22-23H2,1H3,(H,38,43)/b7-5+/t24-,30+,35+/m0/s1. The molecule has 236 valence electrons. The molecular formula is C35H39ClN4O5. The summed E-state index contributed by atoms with van der Waals surface area (Å²) in [7, 11) is 0. The first-order valence-electron chi connectivity index (χ1n) is 15.3. The van der Waals surface area contributed by atoms with E-state index in [-0.39, 0.29) is 44.0 Å². The molecular weight excluding hydrogens is 592 g/mol. The van der Waals surface area contributed by atoms with Crippen LogP contribution in [-0.4, -0.2) is 58.6 Å². The number of rotatable bonds is 12. The minimum absolute atomic E-state index is 0.0489. The SMILES string of the molecule is C[C@@H](/C=C/CC(=O)N(CCO)Cc1ccccc1)[C@]1(O)C(=O)N(Cc2ccc(NC(=O)[C@H]3CCCN3)cc2)c2ccc(Cl)cc21. The second-order valence-corrected chi connectivity index (χ2v) is 12.0. The minimum Gasteiger partial charge on any atom is -0.395 e. The normalized spacial score (nSPS) is 20.0. The molecule has 9 nitrogen and oxygen atoms in total. The van der Waals surface area contributed by atoms with Crippen LogP contribution in [0, 0.1) is 5.92 Å². The molecule has 0 spiro atoms. The summed E-state index contributed by atoms with van der Waals surface area (Å²) in [5.74, 6) is -1.40. The number of halogens is 1. The number of carbonyl (C=O) groups is 3. The van der Waals surface area contributed by atoms with Gasteiger partial charge in [0.1, 0.15) is 0 Å². The van der Waals surface area contributed by atoms with Gasteiger partial charge in [-0.05, 0) is 60.8 Å². The van der Waals surface area contributed by atoms with E-state index in [1.54, 1.807) is 59.2 Å². The van der Waals surface area contributed by atoms with Crippen LogP contribution >= 0.6 is 11.6 Å². The second kappa shape index (κ2) is 14.4. The molecule has 2 heterocycles. The minimum atomic E-state index is -1.89. The van der Waals surface area contributed by atoms with Gasteiger partial charge in [0.05, 0.1) is 24.9 Å². The maximum atomic E-state index is 13.9. The Kier molecular flexibility index (Phi) is 10.4. The summed E-state index contributed by atoms with van der Waals surface area (Å²) in [5.41, 5.74) is 1.52. The lowest BCUT2D eigenvalue weighted by atomic mass is 9.83. The van der Waals surface area contributed by atoms with Crippen LogP contribution in [0.5, 0.6) is 0 Å². The number of fused-ring (bicyclic) bond motifs is 1. The van der Waals surface area contributed by atoms with Gasteiger partial charge in [-0.25, -0.2) is 0 Å². The topological polar surface area (TPSA) is 122 Å². The first-order chi connectivity index (χ1) is 21.7. The van der Waals surface area contributed by atoms with E-state index in [0.717, 1.165) is 30.5 Å². The Balaban J connectivity index is 1.28. The van der Waals surface area contributed by atoms with E-state index in [9.17, 15) is 24.6 Å². The summed E-state index contributed by atoms with van der Waals surface area (Å²) in [6.07, 6.45) is 5.18. The van der Waals surface area contributed by atoms with Crippen molar-refractivity contribution in [3.05, 3.63) is 107 Å². The first kappa shape index (κ1) is 32.4. The van der Waals surface area contributed by atoms with Gasteiger partial charge in [-0.1, -0.05) is 73.1 Å². The van der Waals surface area contributed by atoms with E-state index in [1.807, 2.05) is 42.5 Å². The van der Waals surface area contributed by atoms with E-state index < -0.39 is 17.4 Å². The van der Waals surface area contributed by atoms with Gasteiger partial charge in [0.2, 0.25) is 11.8 Å². The van der Waals surface area contributed by atoms with Crippen molar-refractivity contribution in [2.24, 2.45) is 5.92 Å². The molecule has 5 rings (SSSR count). The maximum absolute atomic E-state index is 13.9. The number of amides is 3. The maximum Gasteiger partial charge on any atom is 0.264 e. The number of carbonyl (C=O) groups excluding carboxylic acids is 3. The van der Waals surface area contributed by atoms with Crippen molar-refractivity contribution in [1.82, 2.24) is 10.2 Å². The zero-order valence-corrected chi connectivity index (χ0v) is 26.0. The summed E-state index contributed by atoms with van der Waals surface area (Å²) in [6.45, 7) is 3.20. The van der Waals surface area contributed by atoms with Crippen molar-refractivity contribution in [3.8, 4) is 0 Å². The predicted octanol–water partition coefficient (Wildman–Crippen LogP) is 4.37. The van der Waals surface area contributed by atoms with Crippen molar-refractivity contribution < 1.29 is 24.6 Å². The van der Waals surface area contributed by atoms with E-state index in [4.69, 9.17) is 11.6 Å². The van der Waals surface area contributed by atoms with Crippen molar-refractivity contribution in [2.45, 2.75) is 50.9 Å². The highest BCUT2D eigenvalue weighted by Crippen LogP contribution is 2.46. The quantitative estimate of drug-likeness (QED) is 0.221. The summed E-state index contributed by atoms with van der Waals surface area (Å²) < 4.78 is 0. The van der Waals surface area contributed by atoms with Crippen LogP contribution < -0.4 is 15.5 Å². The monoisotopic (exact) mass is 630 g/mol. The summed E-state index contributed by atoms with van der Waals surface area (Å²) in [6, 6.07) is 21.7. The molecule has 3 aromatic rings. The van der Waals surface area contributed by atoms with Gasteiger partial charge in [0, 0.05) is 41.7 Å². The average molecular weight is 631 g/mol. The van der Waals surface area contributed by atoms with Crippen molar-refractivity contribution in [2.75, 3.05) is 29.9 Å². The number of nitrogens with one attached hydrogen (secondary N) is 2. The number of hydrogen-bond acceptors (Lipinski definition) is 6. The molecule has 4 N–H and O–H groups in total. The lowest BCUT2D eigenvalue weighted by molar-refractivity contribution is -0.139. The lowest BCUT2D eigenvalue weighted by Gasteiger charge is -2.28. The van der Waals surface area contributed by atoms with Gasteiger partial charge >= 0.3 is 0 Å². The molecule has 3 atom stereocenters. The number of aliphatic hydroxyl groups excluding tert-OH is 1. The Bertz CT molecular complexity index is 1540. The molecule has 3 amide bonds. The second-order valence-electron chi connectivity index (χ2n) is 11.6. The van der Waals surface area contributed by atoms with Gasteiger partial charge in [0.15, 0.2) is 5.60 Å². The van der Waals surface area contributed by atoms with Gasteiger partial charge in [0.25, 0.3) is 5.91 Å². The lowest BCUT2D eigenvalue weighted by Crippen LogP contribution is -2.44. The number of anilines is 2. The van der Waals surface area contributed by atoms with Gasteiger partial charge < -0.3 is 30.6 Å². The van der Waals surface area contributed by atoms with Crippen LogP contribution in [0.4, 0.5) is 11.4 Å². The molecule has 1 saturated heterocycles. The summed E-state index contributed by atoms with van der Waals surface area (Å²) >= 11 is 6.33. The van der Waals surface area contributed by atoms with Crippen molar-refractivity contribution >= 4 is 40.7 Å². The number of aliphatic hydroxyl groups is 2. The number of nitrogens with zero attached hydrogens (tertiary/aromatic N) is 2. The van der Waals surface area contributed by atoms with E-state index in [2.05, 4.69) is 10.6 Å². The first-order valence-corrected chi connectivity index (χ1v) is 15.6. The van der Waals surface area contributed by atoms with Crippen LogP contribution in [-0.2, 0) is 33.1 Å². The van der Waals surface area contributed by atoms with Gasteiger partial charge in [-0.15, -0.1) is 0 Å². The Hall–Kier alpha value is -4.02. The number of hydrogen-bond donors (Lipinski definition) is 4. The Morgan fingerprint density at radius 3 is 2.58 bits per heavy atom. The Labute approximate surface area is 268 Å². The van der Waals surface area contributed by atoms with Crippen LogP contribution in [0.2, 0.25) is 5.02 Å². The average Bonchev–Trinajstić information content (AvgIpc) is 3.65. The third kappa shape index (κ3) is 7.28. The fourth-order valence-electron chi connectivity index (χ4n) is 5.95. The molecule has 2 aliphatic heterocycles. The largest absolute Gasteiger partial charge is 0.395 e. The fraction of sp³-hybridized carbons (Fsp3) is 0.343. The van der Waals surface area contributed by atoms with E-state index in [1.165, 1.54) is 0 Å². The molecule has 0 aliphatic carbocycles. The molecule has 0 unspecified atom stereocenters. The smallest absolute Gasteiger partial charge is 0.264 e. The third-order valence-corrected chi connectivity index (χ3v) is 8.72. The molecule has 0 saturated carbocycles. The highest BCUT2D eigenvalue weighted by Gasteiger charge is 2.52. The van der Waals surface area contributed by atoms with E-state index >= 15 is 0 Å². The molecule has 0 bridgehead atoms. The molecule has 0 aromatic heterocycles. The Morgan fingerprint density at radius 1 is 1.13 bits per heavy atom. The molecule has 45 heavy (non-hydrogen) atoms. The third-order valence-electron chi connectivity index (χ3n) is 8.49. The van der Waals surface area contributed by atoms with Crippen LogP contribution in [0.1, 0.15) is 42.9 Å². The molecule has 0 radical (unpaired) electrons. The van der Waals surface area contributed by atoms with Crippen LogP contribution in [0.15, 0.2) is 84.9 Å².